The Kier molecular flexibility index (Phi) is 33.8. The van der Waals surface area contributed by atoms with Gasteiger partial charge in [0.05, 0.1) is 85.7 Å². The van der Waals surface area contributed by atoms with Crippen molar-refractivity contribution >= 4 is 63.1 Å². The number of quaternary nitrogens is 1. The molecule has 0 radical (unpaired) electrons. The average Bonchev–Trinajstić information content (AvgIpc) is 1.51. The summed E-state index contributed by atoms with van der Waals surface area (Å²) in [4.78, 5) is 123. The van der Waals surface area contributed by atoms with Crippen LogP contribution in [0.2, 0.25) is 0 Å². The van der Waals surface area contributed by atoms with Crippen molar-refractivity contribution in [2.24, 2.45) is 80.8 Å². The van der Waals surface area contributed by atoms with Gasteiger partial charge in [0, 0.05) is 77.5 Å². The number of rotatable bonds is 42. The number of carbonyl (C=O) groups excluding carboxylic acids is 6. The molecule has 774 valence electrons. The van der Waals surface area contributed by atoms with E-state index in [1.165, 1.54) is 23.8 Å². The third-order valence-electron chi connectivity index (χ3n) is 34.5. The van der Waals surface area contributed by atoms with Crippen LogP contribution >= 0.6 is 28.1 Å². The van der Waals surface area contributed by atoms with Gasteiger partial charge < -0.3 is 72.6 Å². The molecule has 12 aliphatic rings. The summed E-state index contributed by atoms with van der Waals surface area (Å²) in [7, 11) is -10.4. The predicted octanol–water partition coefficient (Wildman–Crippen LogP) is 16.4. The lowest BCUT2D eigenvalue weighted by molar-refractivity contribution is -0.931. The first-order chi connectivity index (χ1) is 67.4. The number of ether oxygens (including phenoxy) is 7. The van der Waals surface area contributed by atoms with E-state index in [-0.39, 0.29) is 131 Å². The van der Waals surface area contributed by atoms with E-state index in [2.05, 4.69) is 53.7 Å². The highest BCUT2D eigenvalue weighted by molar-refractivity contribution is 7.48. The van der Waals surface area contributed by atoms with E-state index >= 15 is 14.2 Å². The van der Waals surface area contributed by atoms with Crippen LogP contribution in [0.25, 0.3) is 5.69 Å². The number of imidazole rings is 1. The standard InChI is InChI=1S/C110H147N5O24P2.ClH/c1-10-115(11-2,64-75-56-73(85(120)63-113-106(3,4)5)37-45-89(75)137-140(125,126)127)65-92(123)131-66-86(121)98-102-100(134-105(136-102)71-32-21-16-22-33-71)96-82-43-39-77-59-80(117)47-49-108(77,7)94(82)90(61-110(96,98)9)139-141(128,129)138-88-44-36-72(84(119)62-111-50-24-12-13-25-53-130-54-26-23-29-68-27-17-14-18-28-68)55-74(88)57-91-112-51-52-114(91)78-40-34-69(35-41-78)103(124)132-67-87(122)97-101-99(133-104(135-101)70-30-19-15-20-31-70)95-81-42-38-76-58-79(116)46-48-107(76,6)93(81)83(118)60-109(95,97)8;/h14,17-18,27-28,34-37,40-41,44-49,51-52,55-56,58-59,70-71,81-85,90,93-102,104-105,111,113,118-120H,10-13,15-16,19-26,29-33,38-39,42-43,50,53-54,57,60-67H2,1-9H3,(H2-,125,126,127,128,129);1H/p+2/t81?,82?,83-,84?,85?,90+,93?,94?,95?,96?,97+,98+,99?,100?,101+,102-,104-,105-,107+,108+,109+,110+;/m1./s1. The van der Waals surface area contributed by atoms with E-state index in [0.29, 0.717) is 92.1 Å². The molecule has 4 aromatic carbocycles. The van der Waals surface area contributed by atoms with Crippen LogP contribution < -0.4 is 24.2 Å². The van der Waals surface area contributed by atoms with Crippen molar-refractivity contribution in [1.29, 1.82) is 0 Å². The van der Waals surface area contributed by atoms with E-state index in [4.69, 9.17) is 46.7 Å². The second kappa shape index (κ2) is 44.8. The number of benzene rings is 4. The molecule has 11 unspecified atom stereocenters. The number of hydrogen-bond acceptors (Lipinski definition) is 23. The summed E-state index contributed by atoms with van der Waals surface area (Å²) in [6.07, 6.45) is 25.7. The molecule has 23 atom stereocenters. The van der Waals surface area contributed by atoms with Gasteiger partial charge in [-0.15, -0.1) is 12.4 Å². The van der Waals surface area contributed by atoms with Crippen LogP contribution in [0.5, 0.6) is 11.5 Å². The van der Waals surface area contributed by atoms with Crippen molar-refractivity contribution in [1.82, 2.24) is 15.6 Å². The number of nitrogens with zero attached hydrogens (tertiary/aromatic N) is 2. The monoisotopic (exact) mass is 2020 g/mol. The maximum Gasteiger partial charge on any atom is 0.527 e. The Morgan fingerprint density at radius 1 is 0.613 bits per heavy atom. The number of β-amino-alcohol motifs (C(OH)–C–C–N with tert-alkyl or cyclic N) is 1. The van der Waals surface area contributed by atoms with E-state index in [0.717, 1.165) is 127 Å². The molecule has 32 heteroatoms. The number of aliphatic hydroxyl groups is 3. The third-order valence-corrected chi connectivity index (χ3v) is 35.9. The SMILES string of the molecule is CC[N+](CC)(CC(=O)OCC(=O)[C@H]1[C@H]2O[C@H](C3CCCCC3)OC2C2C3CCC4=CC(=O)C=C[C@]4(C)C3[C@@H](OP(=O)(O)Oc3ccc(C(O)CNCCCCCCOCCCCc4ccccc4)cc3Cc3[nH]cc[n+]3-c3ccc(C(=O)OCC(=O)[C@H]4[C@@H]5O[C@H](C6CCCCC6)OC5C5C6CCC7=CC(=O)C=C[C@]7(C)C6[C@H](O)C[C@@]54C)cc3)C[C@@]21C)Cc1cc(C(O)CNC(C)(C)C)ccc1OP(=O)(O)O.Cl. The van der Waals surface area contributed by atoms with Crippen molar-refractivity contribution in [2.45, 2.75) is 290 Å². The highest BCUT2D eigenvalue weighted by atomic mass is 35.5. The molecule has 1 aromatic heterocycles. The first-order valence-corrected chi connectivity index (χ1v) is 55.2. The van der Waals surface area contributed by atoms with Gasteiger partial charge >= 0.3 is 27.6 Å². The van der Waals surface area contributed by atoms with Gasteiger partial charge in [-0.25, -0.2) is 23.7 Å². The first-order valence-electron chi connectivity index (χ1n) is 52.1. The van der Waals surface area contributed by atoms with Crippen LogP contribution in [0.15, 0.2) is 151 Å². The lowest BCUT2D eigenvalue weighted by atomic mass is 9.46. The van der Waals surface area contributed by atoms with Crippen molar-refractivity contribution in [2.75, 3.05) is 65.7 Å². The van der Waals surface area contributed by atoms with Crippen LogP contribution in [0.4, 0.5) is 0 Å². The van der Waals surface area contributed by atoms with Crippen molar-refractivity contribution in [3.05, 3.63) is 190 Å². The number of phosphoric ester groups is 2. The number of aromatic amines is 1. The number of aromatic nitrogens is 2. The molecule has 17 rings (SSSR count). The number of hydrogen-bond donors (Lipinski definition) is 9. The highest BCUT2D eigenvalue weighted by Crippen LogP contribution is 2.72. The lowest BCUT2D eigenvalue weighted by Crippen LogP contribution is -2.58. The zero-order valence-electron chi connectivity index (χ0n) is 83.8. The number of ketones is 4. The number of H-pyrrole nitrogens is 1. The zero-order chi connectivity index (χ0) is 99.7. The van der Waals surface area contributed by atoms with Gasteiger partial charge in [-0.3, -0.25) is 38.4 Å². The Labute approximate surface area is 841 Å². The fourth-order valence-corrected chi connectivity index (χ4v) is 29.0. The van der Waals surface area contributed by atoms with Crippen molar-refractivity contribution in [3.63, 3.8) is 0 Å². The van der Waals surface area contributed by atoms with Gasteiger partial charge in [-0.1, -0.05) is 145 Å². The number of Topliss-reactive ketones (excluding diaryl/α,β-unsaturated/α-hetero) is 2. The van der Waals surface area contributed by atoms with Gasteiger partial charge in [0.1, 0.15) is 36.1 Å². The molecule has 0 bridgehead atoms. The summed E-state index contributed by atoms with van der Waals surface area (Å²) in [5.41, 5.74) is 1.88. The number of unbranched alkanes of at least 4 members (excludes halogenated alkanes) is 4. The van der Waals surface area contributed by atoms with Gasteiger partial charge in [0.25, 0.3) is 5.82 Å². The number of allylic oxidation sites excluding steroid dienone is 8. The molecule has 10 aliphatic carbocycles. The predicted molar refractivity (Wildman–Crippen MR) is 532 cm³/mol. The largest absolute Gasteiger partial charge is 0.527 e. The molecular formula is C110H150ClN5O24P2+2. The summed E-state index contributed by atoms with van der Waals surface area (Å²) < 4.78 is 95.4. The van der Waals surface area contributed by atoms with Gasteiger partial charge in [-0.05, 0) is 262 Å². The Balaban J connectivity index is 0.0000145. The zero-order valence-corrected chi connectivity index (χ0v) is 86.4. The second-order valence-electron chi connectivity index (χ2n) is 44.6. The Morgan fingerprint density at radius 2 is 1.15 bits per heavy atom. The molecule has 9 N–H and O–H groups in total. The van der Waals surface area contributed by atoms with Crippen molar-refractivity contribution in [3.8, 4) is 17.2 Å². The van der Waals surface area contributed by atoms with E-state index in [9.17, 15) is 53.7 Å². The molecule has 3 heterocycles. The molecule has 5 aromatic rings. The minimum atomic E-state index is -5.35. The number of halogens is 1. The molecule has 142 heavy (non-hydrogen) atoms. The maximum atomic E-state index is 16.0. The molecule has 0 amide bonds. The normalized spacial score (nSPS) is 31.4. The average molecular weight is 2020 g/mol. The minimum Gasteiger partial charge on any atom is -0.454 e. The Morgan fingerprint density at radius 3 is 1.73 bits per heavy atom. The van der Waals surface area contributed by atoms with E-state index < -0.39 is 153 Å². The molecule has 8 saturated carbocycles. The van der Waals surface area contributed by atoms with E-state index in [1.807, 2.05) is 71.3 Å². The second-order valence-corrected chi connectivity index (χ2v) is 47.1. The van der Waals surface area contributed by atoms with Gasteiger partial charge in [-0.2, -0.15) is 4.57 Å². The summed E-state index contributed by atoms with van der Waals surface area (Å²) in [6.45, 7) is 19.4. The Hall–Kier alpha value is -7.58. The molecule has 0 spiro atoms. The highest BCUT2D eigenvalue weighted by Gasteiger charge is 2.74. The third kappa shape index (κ3) is 23.3. The Bertz CT molecular complexity index is 5550. The molecule has 29 nitrogen and oxygen atoms in total. The maximum absolute atomic E-state index is 16.0. The summed E-state index contributed by atoms with van der Waals surface area (Å²) in [5, 5.41) is 42.7. The van der Waals surface area contributed by atoms with Gasteiger partial charge in [0.15, 0.2) is 55.5 Å². The summed E-state index contributed by atoms with van der Waals surface area (Å²) in [5.74, 6) is -5.47. The van der Waals surface area contributed by atoms with Crippen LogP contribution in [-0.2, 0) is 90.2 Å². The van der Waals surface area contributed by atoms with E-state index in [1.54, 1.807) is 79.2 Å². The number of aryl methyl sites for hydroxylation is 1. The smallest absolute Gasteiger partial charge is 0.454 e. The number of aliphatic hydroxyl groups excluding tert-OH is 3. The number of phosphoric acid groups is 2. The number of carbonyl (C=O) groups is 6. The fraction of sp³-hybridized carbons (Fsp3) is 0.627. The topological polar surface area (TPSA) is 394 Å². The lowest BCUT2D eigenvalue weighted by Gasteiger charge is -2.59. The summed E-state index contributed by atoms with van der Waals surface area (Å²) in [6, 6.07) is 26.7. The van der Waals surface area contributed by atoms with Crippen LogP contribution in [0.3, 0.4) is 0 Å². The number of nitrogens with one attached hydrogen (secondary N) is 3. The first kappa shape index (κ1) is 107. The van der Waals surface area contributed by atoms with Crippen LogP contribution in [-0.4, -0.2) is 195 Å². The summed E-state index contributed by atoms with van der Waals surface area (Å²) >= 11 is 0. The van der Waals surface area contributed by atoms with Gasteiger partial charge in [0.2, 0.25) is 0 Å². The minimum absolute atomic E-state index is 0. The molecule has 2 saturated heterocycles. The molecular weight excluding hydrogens is 1870 g/mol. The van der Waals surface area contributed by atoms with Crippen molar-refractivity contribution < 1.29 is 124 Å². The number of esters is 2. The molecule has 2 aliphatic heterocycles. The molecule has 10 fully saturated rings. The van der Waals surface area contributed by atoms with Crippen LogP contribution in [0.1, 0.15) is 260 Å². The number of fused-ring (bicyclic) bond motifs is 14. The number of likely N-dealkylation sites (N-methyl/N-ethyl adjacent to an activating group) is 1. The fourth-order valence-electron chi connectivity index (χ4n) is 27.6. The quantitative estimate of drug-likeness (QED) is 0.00576. The van der Waals surface area contributed by atoms with Crippen LogP contribution in [0, 0.1) is 80.8 Å².